The van der Waals surface area contributed by atoms with Crippen molar-refractivity contribution in [2.75, 3.05) is 18.0 Å². The van der Waals surface area contributed by atoms with Crippen molar-refractivity contribution in [3.8, 4) is 5.88 Å². The van der Waals surface area contributed by atoms with Crippen molar-refractivity contribution in [3.63, 3.8) is 0 Å². The van der Waals surface area contributed by atoms with Crippen LogP contribution in [0.4, 0.5) is 5.95 Å². The molecule has 0 atom stereocenters. The van der Waals surface area contributed by atoms with Gasteiger partial charge in [-0.1, -0.05) is 90.4 Å². The molecule has 176 valence electrons. The number of aromatic nitrogens is 2. The molecule has 0 radical (unpaired) electrons. The fraction of sp³-hybridized carbons (Fsp3) is 0.852. The van der Waals surface area contributed by atoms with Gasteiger partial charge in [-0.15, -0.1) is 0 Å². The predicted octanol–water partition coefficient (Wildman–Crippen LogP) is 7.64. The van der Waals surface area contributed by atoms with Gasteiger partial charge in [0.2, 0.25) is 11.8 Å². The standard InChI is InChI=1S/C27H47N3O/c1-2-3-4-5-6-7-8-9-10-11-12-13-14-15-18-24-23-26(31-25-19-16-20-25)29-27(28-24)30-21-17-22-30/h23,25H,2-22H2,1H3. The Morgan fingerprint density at radius 1 is 0.774 bits per heavy atom. The molecule has 0 amide bonds. The summed E-state index contributed by atoms with van der Waals surface area (Å²) in [6.07, 6.45) is 26.0. The molecule has 0 N–H and O–H groups in total. The first-order valence-electron chi connectivity index (χ1n) is 13.6. The van der Waals surface area contributed by atoms with Crippen LogP contribution < -0.4 is 9.64 Å². The van der Waals surface area contributed by atoms with E-state index in [-0.39, 0.29) is 0 Å². The molecular formula is C27H47N3O. The highest BCUT2D eigenvalue weighted by atomic mass is 16.5. The number of unbranched alkanes of at least 4 members (excludes halogenated alkanes) is 13. The lowest BCUT2D eigenvalue weighted by molar-refractivity contribution is 0.114. The van der Waals surface area contributed by atoms with Gasteiger partial charge in [-0.25, -0.2) is 4.98 Å². The summed E-state index contributed by atoms with van der Waals surface area (Å²) in [4.78, 5) is 11.8. The van der Waals surface area contributed by atoms with Crippen LogP contribution in [0.1, 0.15) is 128 Å². The molecule has 0 spiro atoms. The molecule has 4 nitrogen and oxygen atoms in total. The highest BCUT2D eigenvalue weighted by molar-refractivity contribution is 5.37. The van der Waals surface area contributed by atoms with Crippen molar-refractivity contribution in [1.29, 1.82) is 0 Å². The summed E-state index contributed by atoms with van der Waals surface area (Å²) >= 11 is 0. The van der Waals surface area contributed by atoms with E-state index in [2.05, 4.69) is 22.9 Å². The third-order valence-electron chi connectivity index (χ3n) is 7.01. The number of nitrogens with zero attached hydrogens (tertiary/aromatic N) is 3. The van der Waals surface area contributed by atoms with Gasteiger partial charge in [-0.3, -0.25) is 0 Å². The van der Waals surface area contributed by atoms with Crippen LogP contribution in [-0.2, 0) is 6.42 Å². The smallest absolute Gasteiger partial charge is 0.228 e. The summed E-state index contributed by atoms with van der Waals surface area (Å²) in [6.45, 7) is 4.47. The zero-order valence-corrected chi connectivity index (χ0v) is 20.3. The van der Waals surface area contributed by atoms with Gasteiger partial charge in [0.05, 0.1) is 0 Å². The maximum Gasteiger partial charge on any atom is 0.228 e. The third-order valence-corrected chi connectivity index (χ3v) is 7.01. The van der Waals surface area contributed by atoms with Crippen LogP contribution in [0.5, 0.6) is 5.88 Å². The molecule has 2 aliphatic rings. The van der Waals surface area contributed by atoms with Gasteiger partial charge >= 0.3 is 0 Å². The average molecular weight is 430 g/mol. The first-order valence-corrected chi connectivity index (χ1v) is 13.6. The summed E-state index contributed by atoms with van der Waals surface area (Å²) in [7, 11) is 0. The second-order valence-electron chi connectivity index (χ2n) is 9.86. The summed E-state index contributed by atoms with van der Waals surface area (Å²) in [5, 5.41) is 0. The Bertz CT molecular complexity index is 598. The molecule has 1 saturated heterocycles. The van der Waals surface area contributed by atoms with Crippen LogP contribution in [0.15, 0.2) is 6.07 Å². The maximum atomic E-state index is 6.10. The Labute approximate surface area is 191 Å². The zero-order chi connectivity index (χ0) is 21.6. The van der Waals surface area contributed by atoms with Crippen LogP contribution in [-0.4, -0.2) is 29.2 Å². The minimum atomic E-state index is 0.382. The fourth-order valence-electron chi connectivity index (χ4n) is 4.47. The maximum absolute atomic E-state index is 6.10. The SMILES string of the molecule is CCCCCCCCCCCCCCCCc1cc(OC2CCC2)nc(N2CCC2)n1. The molecule has 0 bridgehead atoms. The molecule has 2 heterocycles. The van der Waals surface area contributed by atoms with Crippen molar-refractivity contribution in [2.24, 2.45) is 0 Å². The van der Waals surface area contributed by atoms with E-state index < -0.39 is 0 Å². The number of hydrogen-bond acceptors (Lipinski definition) is 4. The van der Waals surface area contributed by atoms with E-state index >= 15 is 0 Å². The van der Waals surface area contributed by atoms with Gasteiger partial charge in [0.25, 0.3) is 0 Å². The van der Waals surface area contributed by atoms with E-state index in [9.17, 15) is 0 Å². The van der Waals surface area contributed by atoms with Crippen LogP contribution in [0.3, 0.4) is 0 Å². The van der Waals surface area contributed by atoms with E-state index in [0.717, 1.165) is 31.3 Å². The molecule has 0 aromatic carbocycles. The lowest BCUT2D eigenvalue weighted by Gasteiger charge is -2.32. The van der Waals surface area contributed by atoms with Crippen molar-refractivity contribution < 1.29 is 4.74 Å². The molecule has 2 fully saturated rings. The summed E-state index contributed by atoms with van der Waals surface area (Å²) in [5.74, 6) is 1.70. The molecule has 1 aliphatic heterocycles. The highest BCUT2D eigenvalue weighted by Gasteiger charge is 2.22. The van der Waals surface area contributed by atoms with Gasteiger partial charge in [-0.2, -0.15) is 4.98 Å². The minimum Gasteiger partial charge on any atom is -0.474 e. The molecule has 1 aromatic heterocycles. The summed E-state index contributed by atoms with van der Waals surface area (Å²) < 4.78 is 6.10. The lowest BCUT2D eigenvalue weighted by Crippen LogP contribution is -2.38. The average Bonchev–Trinajstić information content (AvgIpc) is 2.70. The van der Waals surface area contributed by atoms with Crippen molar-refractivity contribution >= 4 is 5.95 Å². The van der Waals surface area contributed by atoms with Crippen LogP contribution in [0.25, 0.3) is 0 Å². The van der Waals surface area contributed by atoms with E-state index in [1.165, 1.54) is 121 Å². The van der Waals surface area contributed by atoms with E-state index in [0.29, 0.717) is 6.10 Å². The largest absolute Gasteiger partial charge is 0.474 e. The van der Waals surface area contributed by atoms with Gasteiger partial charge in [0, 0.05) is 24.8 Å². The number of hydrogen-bond donors (Lipinski definition) is 0. The Balaban J connectivity index is 1.23. The van der Waals surface area contributed by atoms with Crippen LogP contribution in [0, 0.1) is 0 Å². The van der Waals surface area contributed by atoms with Gasteiger partial charge in [0.1, 0.15) is 6.10 Å². The van der Waals surface area contributed by atoms with E-state index in [1.54, 1.807) is 0 Å². The Hall–Kier alpha value is -1.32. The lowest BCUT2D eigenvalue weighted by atomic mass is 9.96. The molecular weight excluding hydrogens is 382 g/mol. The van der Waals surface area contributed by atoms with Gasteiger partial charge < -0.3 is 9.64 Å². The fourth-order valence-corrected chi connectivity index (χ4v) is 4.47. The summed E-state index contributed by atoms with van der Waals surface area (Å²) in [5.41, 5.74) is 1.17. The molecule has 4 heteroatoms. The normalized spacial score (nSPS) is 16.2. The summed E-state index contributed by atoms with van der Waals surface area (Å²) in [6, 6.07) is 2.10. The Morgan fingerprint density at radius 2 is 1.35 bits per heavy atom. The first-order chi connectivity index (χ1) is 15.3. The van der Waals surface area contributed by atoms with Crippen LogP contribution in [0.2, 0.25) is 0 Å². The van der Waals surface area contributed by atoms with Crippen LogP contribution >= 0.6 is 0 Å². The quantitative estimate of drug-likeness (QED) is 0.225. The third kappa shape index (κ3) is 9.37. The molecule has 1 saturated carbocycles. The Morgan fingerprint density at radius 3 is 1.84 bits per heavy atom. The monoisotopic (exact) mass is 429 g/mol. The Kier molecular flexibility index (Phi) is 11.5. The number of rotatable bonds is 18. The van der Waals surface area contributed by atoms with E-state index in [1.807, 2.05) is 0 Å². The van der Waals surface area contributed by atoms with E-state index in [4.69, 9.17) is 9.72 Å². The van der Waals surface area contributed by atoms with Gasteiger partial charge in [0.15, 0.2) is 0 Å². The number of aryl methyl sites for hydroxylation is 1. The number of ether oxygens (including phenoxy) is 1. The molecule has 3 rings (SSSR count). The highest BCUT2D eigenvalue weighted by Crippen LogP contribution is 2.27. The van der Waals surface area contributed by atoms with Crippen molar-refractivity contribution in [1.82, 2.24) is 9.97 Å². The molecule has 1 aromatic rings. The molecule has 31 heavy (non-hydrogen) atoms. The zero-order valence-electron chi connectivity index (χ0n) is 20.3. The predicted molar refractivity (Wildman–Crippen MR) is 131 cm³/mol. The van der Waals surface area contributed by atoms with Gasteiger partial charge in [-0.05, 0) is 38.5 Å². The second kappa shape index (κ2) is 14.7. The van der Waals surface area contributed by atoms with Crippen molar-refractivity contribution in [3.05, 3.63) is 11.8 Å². The molecule has 0 unspecified atom stereocenters. The number of anilines is 1. The molecule has 1 aliphatic carbocycles. The topological polar surface area (TPSA) is 38.2 Å². The minimum absolute atomic E-state index is 0.382. The van der Waals surface area contributed by atoms with Crippen molar-refractivity contribution in [2.45, 2.75) is 135 Å². The first kappa shape index (κ1) is 24.3. The second-order valence-corrected chi connectivity index (χ2v) is 9.86.